The van der Waals surface area contributed by atoms with Gasteiger partial charge in [0.1, 0.15) is 0 Å². The summed E-state index contributed by atoms with van der Waals surface area (Å²) < 4.78 is 27.9. The van der Waals surface area contributed by atoms with E-state index in [1.165, 1.54) is 12.1 Å². The standard InChI is InChI=1S/C16H25N3O4S/c1-19(10-2-4-14-5-3-11-23-14)16(20)18-12-13-6-8-15(9-7-13)24(17,21)22/h6-9,14H,2-5,10-12H2,1H3,(H,18,20)(H2,17,21,22)/t14-/m1/s1. The second-order valence-electron chi connectivity index (χ2n) is 6.05. The van der Waals surface area contributed by atoms with Gasteiger partial charge in [0, 0.05) is 26.7 Å². The van der Waals surface area contributed by atoms with Gasteiger partial charge in [0.05, 0.1) is 11.0 Å². The zero-order valence-corrected chi connectivity index (χ0v) is 14.7. The van der Waals surface area contributed by atoms with Crippen LogP contribution in [0.4, 0.5) is 4.79 Å². The number of benzene rings is 1. The molecule has 8 heteroatoms. The predicted molar refractivity (Wildman–Crippen MR) is 90.9 cm³/mol. The molecule has 1 aromatic rings. The van der Waals surface area contributed by atoms with E-state index in [2.05, 4.69) is 5.32 Å². The van der Waals surface area contributed by atoms with Crippen molar-refractivity contribution in [2.45, 2.75) is 43.2 Å². The fourth-order valence-corrected chi connectivity index (χ4v) is 3.15. The topological polar surface area (TPSA) is 102 Å². The molecule has 1 aromatic carbocycles. The zero-order valence-electron chi connectivity index (χ0n) is 13.9. The number of hydrogen-bond donors (Lipinski definition) is 2. The van der Waals surface area contributed by atoms with Crippen molar-refractivity contribution in [1.82, 2.24) is 10.2 Å². The van der Waals surface area contributed by atoms with Gasteiger partial charge in [-0.15, -0.1) is 0 Å². The van der Waals surface area contributed by atoms with Crippen molar-refractivity contribution in [3.05, 3.63) is 29.8 Å². The van der Waals surface area contributed by atoms with Crippen LogP contribution < -0.4 is 10.5 Å². The second-order valence-corrected chi connectivity index (χ2v) is 7.61. The fourth-order valence-electron chi connectivity index (χ4n) is 2.64. The molecule has 1 saturated heterocycles. The highest BCUT2D eigenvalue weighted by Crippen LogP contribution is 2.16. The number of hydrogen-bond acceptors (Lipinski definition) is 4. The molecule has 0 aromatic heterocycles. The van der Waals surface area contributed by atoms with Crippen LogP contribution in [0.2, 0.25) is 0 Å². The van der Waals surface area contributed by atoms with Crippen molar-refractivity contribution >= 4 is 16.1 Å². The number of nitrogens with two attached hydrogens (primary N) is 1. The molecule has 1 aliphatic heterocycles. The molecule has 24 heavy (non-hydrogen) atoms. The Labute approximate surface area is 143 Å². The Hall–Kier alpha value is -1.64. The van der Waals surface area contributed by atoms with E-state index in [1.807, 2.05) is 0 Å². The highest BCUT2D eigenvalue weighted by molar-refractivity contribution is 7.89. The van der Waals surface area contributed by atoms with E-state index in [1.54, 1.807) is 24.1 Å². The number of urea groups is 1. The van der Waals surface area contributed by atoms with E-state index in [0.29, 0.717) is 19.2 Å². The van der Waals surface area contributed by atoms with Gasteiger partial charge in [-0.3, -0.25) is 0 Å². The van der Waals surface area contributed by atoms with E-state index in [0.717, 1.165) is 37.9 Å². The second kappa shape index (κ2) is 8.46. The molecule has 1 fully saturated rings. The third kappa shape index (κ3) is 5.77. The van der Waals surface area contributed by atoms with Crippen LogP contribution in [0.3, 0.4) is 0 Å². The first-order chi connectivity index (χ1) is 11.4. The van der Waals surface area contributed by atoms with Gasteiger partial charge in [0.2, 0.25) is 10.0 Å². The molecule has 2 rings (SSSR count). The number of carbonyl (C=O) groups is 1. The van der Waals surface area contributed by atoms with E-state index >= 15 is 0 Å². The molecule has 2 amide bonds. The lowest BCUT2D eigenvalue weighted by Crippen LogP contribution is -2.37. The van der Waals surface area contributed by atoms with E-state index in [-0.39, 0.29) is 10.9 Å². The number of sulfonamides is 1. The molecule has 0 spiro atoms. The molecule has 134 valence electrons. The Morgan fingerprint density at radius 1 is 1.38 bits per heavy atom. The van der Waals surface area contributed by atoms with Gasteiger partial charge in [-0.25, -0.2) is 18.4 Å². The first-order valence-corrected chi connectivity index (χ1v) is 9.63. The van der Waals surface area contributed by atoms with Crippen molar-refractivity contribution in [3.63, 3.8) is 0 Å². The van der Waals surface area contributed by atoms with E-state index < -0.39 is 10.0 Å². The fraction of sp³-hybridized carbons (Fsp3) is 0.562. The number of carbonyl (C=O) groups excluding carboxylic acids is 1. The summed E-state index contributed by atoms with van der Waals surface area (Å²) >= 11 is 0. The van der Waals surface area contributed by atoms with Crippen LogP contribution >= 0.6 is 0 Å². The molecular formula is C16H25N3O4S. The highest BCUT2D eigenvalue weighted by atomic mass is 32.2. The number of amides is 2. The molecule has 3 N–H and O–H groups in total. The molecule has 0 unspecified atom stereocenters. The maximum Gasteiger partial charge on any atom is 0.317 e. The normalized spacial score (nSPS) is 17.7. The SMILES string of the molecule is CN(CCC[C@@H]1CCCO1)C(=O)NCc1ccc(S(N)(=O)=O)cc1. The number of nitrogens with one attached hydrogen (secondary N) is 1. The third-order valence-corrected chi connectivity index (χ3v) is 5.02. The lowest BCUT2D eigenvalue weighted by atomic mass is 10.1. The van der Waals surface area contributed by atoms with Crippen molar-refractivity contribution in [3.8, 4) is 0 Å². The number of ether oxygens (including phenoxy) is 1. The minimum Gasteiger partial charge on any atom is -0.378 e. The van der Waals surface area contributed by atoms with E-state index in [4.69, 9.17) is 9.88 Å². The molecule has 7 nitrogen and oxygen atoms in total. The Bertz CT molecular complexity index is 640. The van der Waals surface area contributed by atoms with Crippen LogP contribution in [0.25, 0.3) is 0 Å². The van der Waals surface area contributed by atoms with Crippen LogP contribution in [0, 0.1) is 0 Å². The molecule has 1 atom stereocenters. The number of rotatable bonds is 7. The Morgan fingerprint density at radius 3 is 2.67 bits per heavy atom. The monoisotopic (exact) mass is 355 g/mol. The maximum atomic E-state index is 12.0. The molecule has 0 saturated carbocycles. The molecule has 0 aliphatic carbocycles. The van der Waals surface area contributed by atoms with Gasteiger partial charge in [-0.1, -0.05) is 12.1 Å². The molecule has 0 bridgehead atoms. The van der Waals surface area contributed by atoms with Gasteiger partial charge in [-0.05, 0) is 43.4 Å². The number of primary sulfonamides is 1. The summed E-state index contributed by atoms with van der Waals surface area (Å²) in [6.45, 7) is 1.86. The average molecular weight is 355 g/mol. The molecule has 1 aliphatic rings. The van der Waals surface area contributed by atoms with Crippen molar-refractivity contribution in [1.29, 1.82) is 0 Å². The van der Waals surface area contributed by atoms with Gasteiger partial charge >= 0.3 is 6.03 Å². The zero-order chi connectivity index (χ0) is 17.6. The highest BCUT2D eigenvalue weighted by Gasteiger charge is 2.16. The van der Waals surface area contributed by atoms with Gasteiger partial charge in [0.25, 0.3) is 0 Å². The molecule has 0 radical (unpaired) electrons. The van der Waals surface area contributed by atoms with Crippen molar-refractivity contribution in [2.75, 3.05) is 20.2 Å². The Morgan fingerprint density at radius 2 is 2.08 bits per heavy atom. The smallest absolute Gasteiger partial charge is 0.317 e. The van der Waals surface area contributed by atoms with Crippen LogP contribution in [0.15, 0.2) is 29.2 Å². The Balaban J connectivity index is 1.71. The first-order valence-electron chi connectivity index (χ1n) is 8.08. The van der Waals surface area contributed by atoms with Gasteiger partial charge in [-0.2, -0.15) is 0 Å². The maximum absolute atomic E-state index is 12.0. The van der Waals surface area contributed by atoms with Crippen LogP contribution in [0.5, 0.6) is 0 Å². The van der Waals surface area contributed by atoms with E-state index in [9.17, 15) is 13.2 Å². The molecular weight excluding hydrogens is 330 g/mol. The predicted octanol–water partition coefficient (Wildman–Crippen LogP) is 1.43. The lowest BCUT2D eigenvalue weighted by molar-refractivity contribution is 0.100. The minimum atomic E-state index is -3.69. The van der Waals surface area contributed by atoms with Crippen molar-refractivity contribution < 1.29 is 17.9 Å². The molecule has 1 heterocycles. The lowest BCUT2D eigenvalue weighted by Gasteiger charge is -2.19. The summed E-state index contributed by atoms with van der Waals surface area (Å²) in [5.41, 5.74) is 0.809. The quantitative estimate of drug-likeness (QED) is 0.772. The Kier molecular flexibility index (Phi) is 6.59. The summed E-state index contributed by atoms with van der Waals surface area (Å²) in [5, 5.41) is 7.86. The summed E-state index contributed by atoms with van der Waals surface area (Å²) in [6.07, 6.45) is 4.48. The third-order valence-electron chi connectivity index (χ3n) is 4.09. The summed E-state index contributed by atoms with van der Waals surface area (Å²) in [4.78, 5) is 13.7. The number of nitrogens with zero attached hydrogens (tertiary/aromatic N) is 1. The summed E-state index contributed by atoms with van der Waals surface area (Å²) in [7, 11) is -1.93. The summed E-state index contributed by atoms with van der Waals surface area (Å²) in [6, 6.07) is 5.98. The first kappa shape index (κ1) is 18.7. The van der Waals surface area contributed by atoms with Crippen LogP contribution in [-0.2, 0) is 21.3 Å². The van der Waals surface area contributed by atoms with Crippen LogP contribution in [0.1, 0.15) is 31.2 Å². The van der Waals surface area contributed by atoms with Crippen molar-refractivity contribution in [2.24, 2.45) is 5.14 Å². The average Bonchev–Trinajstić information content (AvgIpc) is 3.05. The minimum absolute atomic E-state index is 0.0591. The van der Waals surface area contributed by atoms with Crippen LogP contribution in [-0.4, -0.2) is 45.7 Å². The largest absolute Gasteiger partial charge is 0.378 e. The summed E-state index contributed by atoms with van der Waals surface area (Å²) in [5.74, 6) is 0. The van der Waals surface area contributed by atoms with Gasteiger partial charge in [0.15, 0.2) is 0 Å². The van der Waals surface area contributed by atoms with Gasteiger partial charge < -0.3 is 15.0 Å².